The summed E-state index contributed by atoms with van der Waals surface area (Å²) >= 11 is 1.41. The first kappa shape index (κ1) is 36.8. The van der Waals surface area contributed by atoms with Gasteiger partial charge in [0, 0.05) is 0 Å². The molecule has 0 unspecified atom stereocenters. The Morgan fingerprint density at radius 1 is 0.800 bits per heavy atom. The Labute approximate surface area is 99.0 Å². The SMILES string of the molecule is CO[C](C)=[W].[C-]#[O+].[C-]#[O+].[C-]#[O+].[C-]#[O+].[C-]#[O+]. The van der Waals surface area contributed by atoms with Gasteiger partial charge in [0.05, 0.1) is 0 Å². The Kier molecular flexibility index (Phi) is 467. The molecule has 0 N–H and O–H groups in total. The van der Waals surface area contributed by atoms with E-state index in [9.17, 15) is 0 Å². The molecule has 0 atom stereocenters. The van der Waals surface area contributed by atoms with Crippen molar-refractivity contribution in [2.75, 3.05) is 7.11 Å². The fourth-order valence-corrected chi connectivity index (χ4v) is 0. The van der Waals surface area contributed by atoms with Crippen LogP contribution in [0.3, 0.4) is 0 Å². The fraction of sp³-hybridized carbons (Fsp3) is 0.250. The van der Waals surface area contributed by atoms with Gasteiger partial charge in [-0.25, -0.2) is 0 Å². The summed E-state index contributed by atoms with van der Waals surface area (Å²) in [7, 11) is 1.68. The molecular weight excluding hydrogens is 376 g/mol. The third kappa shape index (κ3) is 1120. The quantitative estimate of drug-likeness (QED) is 0.467. The van der Waals surface area contributed by atoms with Crippen molar-refractivity contribution in [3.63, 3.8) is 0 Å². The minimum atomic E-state index is 1.09. The van der Waals surface area contributed by atoms with Gasteiger partial charge in [-0.3, -0.25) is 0 Å². The molecule has 0 aromatic heterocycles. The summed E-state index contributed by atoms with van der Waals surface area (Å²) in [4.78, 5) is 0. The van der Waals surface area contributed by atoms with Gasteiger partial charge in [-0.05, 0) is 0 Å². The number of rotatable bonds is 1. The molecule has 0 aliphatic carbocycles. The molecule has 7 heteroatoms. The molecule has 0 spiro atoms. The molecule has 0 aliphatic heterocycles. The maximum atomic E-state index is 7.50. The average molecular weight is 382 g/mol. The van der Waals surface area contributed by atoms with Gasteiger partial charge in [-0.15, -0.1) is 0 Å². The first-order valence-corrected chi connectivity index (χ1v) is 3.80. The summed E-state index contributed by atoms with van der Waals surface area (Å²) in [6.45, 7) is 24.5. The zero-order valence-corrected chi connectivity index (χ0v) is 10.8. The predicted octanol–water partition coefficient (Wildman–Crippen LogP) is 0.142. The summed E-state index contributed by atoms with van der Waals surface area (Å²) in [6, 6.07) is 0. The van der Waals surface area contributed by atoms with E-state index in [1.165, 1.54) is 19.4 Å². The van der Waals surface area contributed by atoms with Gasteiger partial charge in [0.15, 0.2) is 0 Å². The Balaban J connectivity index is -0.0000000177. The number of methoxy groups -OCH3 is 1. The molecule has 0 heterocycles. The molecule has 15 heavy (non-hydrogen) atoms. The van der Waals surface area contributed by atoms with Crippen molar-refractivity contribution in [1.82, 2.24) is 0 Å². The van der Waals surface area contributed by atoms with Crippen molar-refractivity contribution in [2.24, 2.45) is 0 Å². The monoisotopic (exact) mass is 382 g/mol. The third-order valence-electron chi connectivity index (χ3n) is 0.287. The van der Waals surface area contributed by atoms with Gasteiger partial charge in [0.1, 0.15) is 0 Å². The standard InChI is InChI=1S/C3H6O.5CO.W/c1-3-4-2;5*1-2;/h1-2H3;;;;;;. The maximum absolute atomic E-state index is 7.50. The van der Waals surface area contributed by atoms with E-state index in [0.29, 0.717) is 0 Å². The van der Waals surface area contributed by atoms with Gasteiger partial charge in [-0.1, -0.05) is 0 Å². The van der Waals surface area contributed by atoms with Crippen LogP contribution in [0.2, 0.25) is 0 Å². The predicted molar refractivity (Wildman–Crippen MR) is 37.3 cm³/mol. The molecule has 0 saturated carbocycles. The summed E-state index contributed by atoms with van der Waals surface area (Å²) in [6.07, 6.45) is 0. The summed E-state index contributed by atoms with van der Waals surface area (Å²) in [5.74, 6) is 0. The average Bonchev–Trinajstić information content (AvgIpc) is 2.41. The van der Waals surface area contributed by atoms with E-state index in [-0.39, 0.29) is 0 Å². The van der Waals surface area contributed by atoms with Gasteiger partial charge in [0.2, 0.25) is 0 Å². The van der Waals surface area contributed by atoms with E-state index in [1.807, 2.05) is 6.92 Å². The zero-order chi connectivity index (χ0) is 14.3. The second-order valence-electron chi connectivity index (χ2n) is 0.696. The van der Waals surface area contributed by atoms with Gasteiger partial charge in [-0.2, -0.15) is 0 Å². The van der Waals surface area contributed by atoms with Crippen LogP contribution in [0.4, 0.5) is 0 Å². The Morgan fingerprint density at radius 2 is 0.867 bits per heavy atom. The van der Waals surface area contributed by atoms with E-state index in [0.717, 1.165) is 4.08 Å². The number of ether oxygens (including phenoxy) is 1. The first-order chi connectivity index (χ1) is 7.27. The molecule has 0 rings (SSSR count). The van der Waals surface area contributed by atoms with Crippen LogP contribution < -0.4 is 0 Å². The molecule has 0 saturated heterocycles. The Morgan fingerprint density at radius 3 is 0.867 bits per heavy atom. The molecule has 0 aliphatic rings. The first-order valence-electron chi connectivity index (χ1n) is 2.34. The number of hydrogen-bond donors (Lipinski definition) is 0. The van der Waals surface area contributed by atoms with Crippen LogP contribution in [-0.4, -0.2) is 11.2 Å². The van der Waals surface area contributed by atoms with Crippen molar-refractivity contribution < 1.29 is 47.4 Å². The van der Waals surface area contributed by atoms with Crippen molar-refractivity contribution in [3.05, 3.63) is 33.3 Å². The van der Waals surface area contributed by atoms with Crippen LogP contribution in [0, 0.1) is 33.3 Å². The van der Waals surface area contributed by atoms with E-state index in [2.05, 4.69) is 33.3 Å². The molecule has 80 valence electrons. The summed E-state index contributed by atoms with van der Waals surface area (Å²) in [5.41, 5.74) is 0. The van der Waals surface area contributed by atoms with E-state index >= 15 is 0 Å². The van der Waals surface area contributed by atoms with Crippen LogP contribution in [-0.2, 0) is 47.4 Å². The van der Waals surface area contributed by atoms with Gasteiger partial charge < -0.3 is 0 Å². The van der Waals surface area contributed by atoms with Crippen LogP contribution in [0.15, 0.2) is 0 Å². The fourth-order valence-electron chi connectivity index (χ4n) is 0. The normalized spacial score (nSPS) is 3.20. The molecular formula is C8H6O6W. The molecule has 0 amide bonds. The second kappa shape index (κ2) is 191. The van der Waals surface area contributed by atoms with Crippen molar-refractivity contribution in [3.8, 4) is 0 Å². The summed E-state index contributed by atoms with van der Waals surface area (Å²) in [5, 5.41) is 0. The number of hydrogen-bond acceptors (Lipinski definition) is 1. The van der Waals surface area contributed by atoms with Crippen molar-refractivity contribution in [2.45, 2.75) is 6.92 Å². The molecule has 0 fully saturated rings. The van der Waals surface area contributed by atoms with Gasteiger partial charge >= 0.3 is 98.7 Å². The molecule has 0 radical (unpaired) electrons. The van der Waals surface area contributed by atoms with Crippen LogP contribution in [0.25, 0.3) is 0 Å². The van der Waals surface area contributed by atoms with Crippen LogP contribution >= 0.6 is 0 Å². The van der Waals surface area contributed by atoms with E-state index < -0.39 is 0 Å². The molecule has 6 nitrogen and oxygen atoms in total. The third-order valence-corrected chi connectivity index (χ3v) is 0.886. The zero-order valence-electron chi connectivity index (χ0n) is 7.86. The van der Waals surface area contributed by atoms with E-state index in [1.54, 1.807) is 7.11 Å². The van der Waals surface area contributed by atoms with Crippen LogP contribution in [0.1, 0.15) is 6.92 Å². The van der Waals surface area contributed by atoms with Crippen LogP contribution in [0.5, 0.6) is 0 Å². The molecule has 0 aromatic rings. The molecule has 0 aromatic carbocycles. The Hall–Kier alpha value is -0.782. The Bertz CT molecular complexity index is 153. The molecule has 0 bridgehead atoms. The summed E-state index contributed by atoms with van der Waals surface area (Å²) < 4.78 is 43.3. The minimum absolute atomic E-state index is 1.09. The van der Waals surface area contributed by atoms with Crippen molar-refractivity contribution in [1.29, 1.82) is 0 Å². The van der Waals surface area contributed by atoms with E-state index in [4.69, 9.17) is 28.0 Å². The second-order valence-corrected chi connectivity index (χ2v) is 2.76. The topological polar surface area (TPSA) is 109 Å². The van der Waals surface area contributed by atoms with Crippen molar-refractivity contribution >= 4 is 4.08 Å². The van der Waals surface area contributed by atoms with Gasteiger partial charge in [0.25, 0.3) is 0 Å².